The molecule has 1 heterocycles. The third-order valence-electron chi connectivity index (χ3n) is 2.08. The SMILES string of the molecule is O=Cc1ccc(-c2cnc(C(F)(F)F)s2)cc1. The molecular formula is C11H6F3NOS. The van der Waals surface area contributed by atoms with Crippen molar-refractivity contribution in [2.45, 2.75) is 6.18 Å². The summed E-state index contributed by atoms with van der Waals surface area (Å²) >= 11 is 0.582. The van der Waals surface area contributed by atoms with Crippen LogP contribution in [-0.4, -0.2) is 11.3 Å². The van der Waals surface area contributed by atoms with Gasteiger partial charge in [0.15, 0.2) is 5.01 Å². The minimum absolute atomic E-state index is 0.426. The van der Waals surface area contributed by atoms with Crippen LogP contribution in [0.3, 0.4) is 0 Å². The molecule has 2 rings (SSSR count). The van der Waals surface area contributed by atoms with Crippen LogP contribution in [0.5, 0.6) is 0 Å². The van der Waals surface area contributed by atoms with Crippen molar-refractivity contribution in [2.24, 2.45) is 0 Å². The van der Waals surface area contributed by atoms with Gasteiger partial charge in [0.05, 0.1) is 4.88 Å². The molecule has 0 aliphatic carbocycles. The molecule has 0 aliphatic heterocycles. The molecule has 0 saturated carbocycles. The van der Waals surface area contributed by atoms with E-state index in [0.717, 1.165) is 0 Å². The second kappa shape index (κ2) is 4.29. The topological polar surface area (TPSA) is 30.0 Å². The number of rotatable bonds is 2. The van der Waals surface area contributed by atoms with Gasteiger partial charge in [0.1, 0.15) is 6.29 Å². The predicted molar refractivity (Wildman–Crippen MR) is 57.9 cm³/mol. The molecule has 1 aromatic heterocycles. The van der Waals surface area contributed by atoms with Gasteiger partial charge in [0, 0.05) is 11.8 Å². The number of aldehydes is 1. The summed E-state index contributed by atoms with van der Waals surface area (Å²) in [5, 5.41) is -0.869. The van der Waals surface area contributed by atoms with Gasteiger partial charge < -0.3 is 0 Å². The van der Waals surface area contributed by atoms with Crippen molar-refractivity contribution in [2.75, 3.05) is 0 Å². The van der Waals surface area contributed by atoms with Crippen LogP contribution in [0.1, 0.15) is 15.4 Å². The Balaban J connectivity index is 2.33. The molecule has 17 heavy (non-hydrogen) atoms. The lowest BCUT2D eigenvalue weighted by atomic mass is 10.1. The van der Waals surface area contributed by atoms with E-state index in [1.54, 1.807) is 24.3 Å². The lowest BCUT2D eigenvalue weighted by Crippen LogP contribution is -2.02. The molecule has 0 saturated heterocycles. The Morgan fingerprint density at radius 3 is 2.29 bits per heavy atom. The first-order valence-corrected chi connectivity index (χ1v) is 5.41. The Hall–Kier alpha value is -1.69. The first-order valence-electron chi connectivity index (χ1n) is 4.59. The summed E-state index contributed by atoms with van der Waals surface area (Å²) in [5.41, 5.74) is 1.10. The molecule has 0 bridgehead atoms. The molecule has 0 unspecified atom stereocenters. The largest absolute Gasteiger partial charge is 0.443 e. The lowest BCUT2D eigenvalue weighted by Gasteiger charge is -1.99. The summed E-state index contributed by atoms with van der Waals surface area (Å²) in [4.78, 5) is 14.2. The van der Waals surface area contributed by atoms with Gasteiger partial charge in [-0.1, -0.05) is 24.3 Å². The average molecular weight is 257 g/mol. The van der Waals surface area contributed by atoms with Gasteiger partial charge in [-0.25, -0.2) is 4.98 Å². The van der Waals surface area contributed by atoms with Crippen LogP contribution in [-0.2, 0) is 6.18 Å². The summed E-state index contributed by atoms with van der Waals surface area (Å²) < 4.78 is 37.0. The fourth-order valence-electron chi connectivity index (χ4n) is 1.26. The van der Waals surface area contributed by atoms with Gasteiger partial charge in [0.25, 0.3) is 0 Å². The Bertz CT molecular complexity index is 530. The van der Waals surface area contributed by atoms with E-state index in [9.17, 15) is 18.0 Å². The van der Waals surface area contributed by atoms with E-state index in [4.69, 9.17) is 0 Å². The maximum Gasteiger partial charge on any atom is 0.443 e. The van der Waals surface area contributed by atoms with Gasteiger partial charge >= 0.3 is 6.18 Å². The van der Waals surface area contributed by atoms with Gasteiger partial charge in [-0.3, -0.25) is 4.79 Å². The molecule has 0 fully saturated rings. The van der Waals surface area contributed by atoms with E-state index in [0.29, 0.717) is 33.6 Å². The Morgan fingerprint density at radius 2 is 1.82 bits per heavy atom. The maximum atomic E-state index is 12.3. The molecule has 0 amide bonds. The highest BCUT2D eigenvalue weighted by Gasteiger charge is 2.34. The van der Waals surface area contributed by atoms with Crippen molar-refractivity contribution in [3.8, 4) is 10.4 Å². The van der Waals surface area contributed by atoms with Crippen LogP contribution in [0.25, 0.3) is 10.4 Å². The van der Waals surface area contributed by atoms with Crippen molar-refractivity contribution in [3.63, 3.8) is 0 Å². The number of thiazole rings is 1. The van der Waals surface area contributed by atoms with Crippen molar-refractivity contribution < 1.29 is 18.0 Å². The minimum Gasteiger partial charge on any atom is -0.298 e. The Kier molecular flexibility index (Phi) is 2.97. The number of hydrogen-bond acceptors (Lipinski definition) is 3. The maximum absolute atomic E-state index is 12.3. The second-order valence-electron chi connectivity index (χ2n) is 3.27. The molecule has 88 valence electrons. The van der Waals surface area contributed by atoms with E-state index in [-0.39, 0.29) is 0 Å². The van der Waals surface area contributed by atoms with Gasteiger partial charge in [-0.05, 0) is 5.56 Å². The zero-order valence-corrected chi connectivity index (χ0v) is 9.18. The minimum atomic E-state index is -4.41. The number of hydrogen-bond donors (Lipinski definition) is 0. The van der Waals surface area contributed by atoms with Crippen LogP contribution >= 0.6 is 11.3 Å². The van der Waals surface area contributed by atoms with E-state index >= 15 is 0 Å². The van der Waals surface area contributed by atoms with Crippen LogP contribution < -0.4 is 0 Å². The third-order valence-corrected chi connectivity index (χ3v) is 3.17. The zero-order chi connectivity index (χ0) is 12.5. The van der Waals surface area contributed by atoms with Crippen molar-refractivity contribution in [1.82, 2.24) is 4.98 Å². The first kappa shape index (κ1) is 11.8. The van der Waals surface area contributed by atoms with Crippen LogP contribution in [0.2, 0.25) is 0 Å². The summed E-state index contributed by atoms with van der Waals surface area (Å²) in [5.74, 6) is 0. The molecule has 0 N–H and O–H groups in total. The highest BCUT2D eigenvalue weighted by Crippen LogP contribution is 2.36. The number of benzene rings is 1. The summed E-state index contributed by atoms with van der Waals surface area (Å²) in [6.07, 6.45) is -2.55. The standard InChI is InChI=1S/C11H6F3NOS/c12-11(13,14)10-15-5-9(17-10)8-3-1-7(6-16)2-4-8/h1-6H. The van der Waals surface area contributed by atoms with E-state index in [2.05, 4.69) is 4.98 Å². The van der Waals surface area contributed by atoms with Gasteiger partial charge in [-0.2, -0.15) is 13.2 Å². The number of nitrogens with zero attached hydrogens (tertiary/aromatic N) is 1. The fourth-order valence-corrected chi connectivity index (χ4v) is 2.05. The molecular weight excluding hydrogens is 251 g/mol. The normalized spacial score (nSPS) is 11.5. The van der Waals surface area contributed by atoms with Crippen LogP contribution in [0.15, 0.2) is 30.5 Å². The molecule has 2 nitrogen and oxygen atoms in total. The molecule has 0 spiro atoms. The number of alkyl halides is 3. The Morgan fingerprint density at radius 1 is 1.18 bits per heavy atom. The highest BCUT2D eigenvalue weighted by atomic mass is 32.1. The smallest absolute Gasteiger partial charge is 0.298 e. The monoisotopic (exact) mass is 257 g/mol. The average Bonchev–Trinajstić information content (AvgIpc) is 2.78. The van der Waals surface area contributed by atoms with Crippen molar-refractivity contribution in [1.29, 1.82) is 0 Å². The van der Waals surface area contributed by atoms with Gasteiger partial charge in [0.2, 0.25) is 0 Å². The number of halogens is 3. The van der Waals surface area contributed by atoms with E-state index in [1.807, 2.05) is 0 Å². The molecule has 0 atom stereocenters. The lowest BCUT2D eigenvalue weighted by molar-refractivity contribution is -0.137. The quantitative estimate of drug-likeness (QED) is 0.769. The number of carbonyl (C=O) groups is 1. The molecule has 2 aromatic rings. The van der Waals surface area contributed by atoms with Crippen LogP contribution in [0, 0.1) is 0 Å². The van der Waals surface area contributed by atoms with E-state index < -0.39 is 11.2 Å². The molecule has 1 aromatic carbocycles. The number of carbonyl (C=O) groups excluding carboxylic acids is 1. The highest BCUT2D eigenvalue weighted by molar-refractivity contribution is 7.15. The zero-order valence-electron chi connectivity index (χ0n) is 8.36. The van der Waals surface area contributed by atoms with E-state index in [1.165, 1.54) is 6.20 Å². The van der Waals surface area contributed by atoms with Crippen molar-refractivity contribution >= 4 is 17.6 Å². The predicted octanol–water partition coefficient (Wildman–Crippen LogP) is 3.64. The van der Waals surface area contributed by atoms with Gasteiger partial charge in [-0.15, -0.1) is 11.3 Å². The molecule has 0 radical (unpaired) electrons. The fraction of sp³-hybridized carbons (Fsp3) is 0.0909. The number of aromatic nitrogens is 1. The molecule has 6 heteroatoms. The summed E-state index contributed by atoms with van der Waals surface area (Å²) in [6, 6.07) is 6.29. The second-order valence-corrected chi connectivity index (χ2v) is 4.30. The summed E-state index contributed by atoms with van der Waals surface area (Å²) in [7, 11) is 0. The third kappa shape index (κ3) is 2.52. The molecule has 0 aliphatic rings. The Labute approximate surface area is 98.7 Å². The van der Waals surface area contributed by atoms with Crippen molar-refractivity contribution in [3.05, 3.63) is 41.0 Å². The first-order chi connectivity index (χ1) is 8.00. The van der Waals surface area contributed by atoms with Crippen LogP contribution in [0.4, 0.5) is 13.2 Å². The summed E-state index contributed by atoms with van der Waals surface area (Å²) in [6.45, 7) is 0.